The zero-order valence-electron chi connectivity index (χ0n) is 12.4. The van der Waals surface area contributed by atoms with Crippen LogP contribution in [0.1, 0.15) is 16.4 Å². The number of aromatic nitrogens is 2. The number of rotatable bonds is 3. The van der Waals surface area contributed by atoms with Crippen LogP contribution in [0.4, 0.5) is 0 Å². The molecule has 0 fully saturated rings. The molecular formula is C17H11N3O4. The SMILES string of the molecule is O=C(NCc1nc2ncccc2o1)c1cc(=O)c2ccccc2o1. The molecule has 0 bridgehead atoms. The van der Waals surface area contributed by atoms with Crippen LogP contribution in [0.3, 0.4) is 0 Å². The molecule has 0 aliphatic rings. The summed E-state index contributed by atoms with van der Waals surface area (Å²) in [7, 11) is 0. The van der Waals surface area contributed by atoms with Crippen molar-refractivity contribution < 1.29 is 13.6 Å². The molecule has 3 heterocycles. The molecule has 1 N–H and O–H groups in total. The first-order chi connectivity index (χ1) is 11.7. The van der Waals surface area contributed by atoms with Gasteiger partial charge in [0, 0.05) is 12.3 Å². The van der Waals surface area contributed by atoms with Crippen LogP contribution in [0, 0.1) is 0 Å². The number of hydrogen-bond acceptors (Lipinski definition) is 6. The zero-order chi connectivity index (χ0) is 16.5. The van der Waals surface area contributed by atoms with Crippen LogP contribution >= 0.6 is 0 Å². The van der Waals surface area contributed by atoms with Crippen molar-refractivity contribution in [1.82, 2.24) is 15.3 Å². The van der Waals surface area contributed by atoms with Gasteiger partial charge in [-0.05, 0) is 24.3 Å². The maximum atomic E-state index is 12.2. The van der Waals surface area contributed by atoms with Crippen molar-refractivity contribution in [2.75, 3.05) is 0 Å². The number of hydrogen-bond donors (Lipinski definition) is 1. The van der Waals surface area contributed by atoms with Gasteiger partial charge in [0.15, 0.2) is 22.4 Å². The summed E-state index contributed by atoms with van der Waals surface area (Å²) in [6.45, 7) is 0.0612. The number of fused-ring (bicyclic) bond motifs is 2. The minimum atomic E-state index is -0.520. The highest BCUT2D eigenvalue weighted by atomic mass is 16.4. The van der Waals surface area contributed by atoms with Gasteiger partial charge in [-0.2, -0.15) is 4.98 Å². The Kier molecular flexibility index (Phi) is 3.31. The third kappa shape index (κ3) is 2.52. The number of nitrogens with one attached hydrogen (secondary N) is 1. The molecule has 0 atom stereocenters. The maximum absolute atomic E-state index is 12.2. The van der Waals surface area contributed by atoms with Gasteiger partial charge in [-0.25, -0.2) is 4.98 Å². The molecule has 0 aliphatic carbocycles. The minimum absolute atomic E-state index is 0.0612. The molecule has 3 aromatic heterocycles. The smallest absolute Gasteiger partial charge is 0.287 e. The Bertz CT molecular complexity index is 1080. The lowest BCUT2D eigenvalue weighted by molar-refractivity contribution is 0.0920. The van der Waals surface area contributed by atoms with Crippen molar-refractivity contribution in [2.24, 2.45) is 0 Å². The van der Waals surface area contributed by atoms with E-state index in [0.717, 1.165) is 0 Å². The lowest BCUT2D eigenvalue weighted by atomic mass is 10.2. The molecule has 0 aliphatic heterocycles. The molecule has 1 aromatic carbocycles. The Hall–Kier alpha value is -3.48. The van der Waals surface area contributed by atoms with Gasteiger partial charge in [-0.1, -0.05) is 12.1 Å². The summed E-state index contributed by atoms with van der Waals surface area (Å²) in [4.78, 5) is 32.4. The average Bonchev–Trinajstić information content (AvgIpc) is 3.02. The number of para-hydroxylation sites is 1. The van der Waals surface area contributed by atoms with Crippen LogP contribution in [0.5, 0.6) is 0 Å². The molecule has 0 radical (unpaired) electrons. The molecule has 24 heavy (non-hydrogen) atoms. The first-order valence-corrected chi connectivity index (χ1v) is 7.22. The van der Waals surface area contributed by atoms with Crippen LogP contribution < -0.4 is 10.7 Å². The van der Waals surface area contributed by atoms with E-state index < -0.39 is 5.91 Å². The van der Waals surface area contributed by atoms with E-state index in [2.05, 4.69) is 15.3 Å². The quantitative estimate of drug-likeness (QED) is 0.621. The molecule has 4 aromatic rings. The molecule has 1 amide bonds. The predicted octanol–water partition coefficient (Wildman–Crippen LogP) is 2.26. The number of nitrogens with zero attached hydrogens (tertiary/aromatic N) is 2. The molecule has 0 saturated carbocycles. The molecule has 7 heteroatoms. The van der Waals surface area contributed by atoms with Crippen molar-refractivity contribution >= 4 is 28.1 Å². The van der Waals surface area contributed by atoms with Crippen molar-refractivity contribution in [1.29, 1.82) is 0 Å². The highest BCUT2D eigenvalue weighted by Crippen LogP contribution is 2.13. The standard InChI is InChI=1S/C17H11N3O4/c21-11-8-14(23-12-5-2-1-4-10(11)12)17(22)19-9-15-20-16-13(24-15)6-3-7-18-16/h1-8H,9H2,(H,19,22). The van der Waals surface area contributed by atoms with E-state index in [4.69, 9.17) is 8.83 Å². The fourth-order valence-electron chi connectivity index (χ4n) is 2.35. The van der Waals surface area contributed by atoms with E-state index in [0.29, 0.717) is 28.1 Å². The first kappa shape index (κ1) is 14.1. The van der Waals surface area contributed by atoms with Gasteiger partial charge in [0.2, 0.25) is 5.89 Å². The summed E-state index contributed by atoms with van der Waals surface area (Å²) in [6, 6.07) is 11.4. The number of benzene rings is 1. The second kappa shape index (κ2) is 5.62. The Morgan fingerprint density at radius 2 is 1.92 bits per heavy atom. The molecule has 7 nitrogen and oxygen atoms in total. The van der Waals surface area contributed by atoms with E-state index in [1.54, 1.807) is 42.6 Å². The van der Waals surface area contributed by atoms with Crippen LogP contribution in [0.15, 0.2) is 62.3 Å². The normalized spacial score (nSPS) is 11.0. The van der Waals surface area contributed by atoms with Gasteiger partial charge in [0.25, 0.3) is 5.91 Å². The fraction of sp³-hybridized carbons (Fsp3) is 0.0588. The number of amides is 1. The zero-order valence-corrected chi connectivity index (χ0v) is 12.4. The van der Waals surface area contributed by atoms with Crippen LogP contribution in [0.25, 0.3) is 22.2 Å². The van der Waals surface area contributed by atoms with Gasteiger partial charge in [0.1, 0.15) is 5.58 Å². The molecule has 0 saturated heterocycles. The molecule has 0 spiro atoms. The largest absolute Gasteiger partial charge is 0.451 e. The molecular weight excluding hydrogens is 310 g/mol. The van der Waals surface area contributed by atoms with E-state index in [1.807, 2.05) is 0 Å². The van der Waals surface area contributed by atoms with Gasteiger partial charge in [0.05, 0.1) is 11.9 Å². The molecule has 118 valence electrons. The Labute approximate surface area is 134 Å². The molecule has 0 unspecified atom stereocenters. The highest BCUT2D eigenvalue weighted by Gasteiger charge is 2.13. The summed E-state index contributed by atoms with van der Waals surface area (Å²) in [5.41, 5.74) is 1.10. The monoisotopic (exact) mass is 321 g/mol. The number of carbonyl (C=O) groups is 1. The minimum Gasteiger partial charge on any atom is -0.451 e. The van der Waals surface area contributed by atoms with Gasteiger partial charge in [-0.15, -0.1) is 0 Å². The fourth-order valence-corrected chi connectivity index (χ4v) is 2.35. The lowest BCUT2D eigenvalue weighted by Crippen LogP contribution is -2.24. The summed E-state index contributed by atoms with van der Waals surface area (Å²) in [5.74, 6) is -0.263. The van der Waals surface area contributed by atoms with E-state index in [-0.39, 0.29) is 17.7 Å². The Balaban J connectivity index is 1.56. The van der Waals surface area contributed by atoms with Crippen LogP contribution in [-0.2, 0) is 6.54 Å². The molecule has 4 rings (SSSR count). The average molecular weight is 321 g/mol. The maximum Gasteiger partial charge on any atom is 0.287 e. The number of oxazole rings is 1. The van der Waals surface area contributed by atoms with Crippen LogP contribution in [-0.4, -0.2) is 15.9 Å². The van der Waals surface area contributed by atoms with Gasteiger partial charge in [-0.3, -0.25) is 9.59 Å². The summed E-state index contributed by atoms with van der Waals surface area (Å²) < 4.78 is 10.9. The van der Waals surface area contributed by atoms with E-state index in [1.165, 1.54) is 6.07 Å². The summed E-state index contributed by atoms with van der Waals surface area (Å²) in [6.07, 6.45) is 1.61. The van der Waals surface area contributed by atoms with E-state index in [9.17, 15) is 9.59 Å². The van der Waals surface area contributed by atoms with Gasteiger partial charge < -0.3 is 14.2 Å². The number of carbonyl (C=O) groups excluding carboxylic acids is 1. The highest BCUT2D eigenvalue weighted by molar-refractivity contribution is 5.93. The number of pyridine rings is 1. The van der Waals surface area contributed by atoms with E-state index >= 15 is 0 Å². The Morgan fingerprint density at radius 3 is 2.79 bits per heavy atom. The second-order valence-electron chi connectivity index (χ2n) is 5.09. The first-order valence-electron chi connectivity index (χ1n) is 7.22. The lowest BCUT2D eigenvalue weighted by Gasteiger charge is -2.03. The van der Waals surface area contributed by atoms with Crippen molar-refractivity contribution in [3.8, 4) is 0 Å². The summed E-state index contributed by atoms with van der Waals surface area (Å²) in [5, 5.41) is 3.04. The third-order valence-corrected chi connectivity index (χ3v) is 3.47. The Morgan fingerprint density at radius 1 is 1.08 bits per heavy atom. The van der Waals surface area contributed by atoms with Crippen LogP contribution in [0.2, 0.25) is 0 Å². The van der Waals surface area contributed by atoms with Crippen molar-refractivity contribution in [3.63, 3.8) is 0 Å². The topological polar surface area (TPSA) is 98.2 Å². The summed E-state index contributed by atoms with van der Waals surface area (Å²) >= 11 is 0. The van der Waals surface area contributed by atoms with Gasteiger partial charge >= 0.3 is 0 Å². The second-order valence-corrected chi connectivity index (χ2v) is 5.09. The predicted molar refractivity (Wildman–Crippen MR) is 85.5 cm³/mol. The van der Waals surface area contributed by atoms with Crippen molar-refractivity contribution in [3.05, 3.63) is 70.5 Å². The third-order valence-electron chi connectivity index (χ3n) is 3.47. The van der Waals surface area contributed by atoms with Crippen molar-refractivity contribution in [2.45, 2.75) is 6.54 Å².